The first-order valence-corrected chi connectivity index (χ1v) is 10.1. The highest BCUT2D eigenvalue weighted by Gasteiger charge is 2.51. The third kappa shape index (κ3) is 3.19. The van der Waals surface area contributed by atoms with Gasteiger partial charge >= 0.3 is 0 Å². The number of hydrogen-bond donors (Lipinski definition) is 1. The summed E-state index contributed by atoms with van der Waals surface area (Å²) >= 11 is 1.99. The van der Waals surface area contributed by atoms with Crippen LogP contribution in [-0.2, 0) is 12.1 Å². The number of nitrogens with zero attached hydrogens (tertiary/aromatic N) is 1. The van der Waals surface area contributed by atoms with E-state index in [1.807, 2.05) is 42.1 Å². The van der Waals surface area contributed by atoms with Crippen molar-refractivity contribution in [3.05, 3.63) is 65.7 Å². The van der Waals surface area contributed by atoms with Crippen molar-refractivity contribution < 1.29 is 9.84 Å². The van der Waals surface area contributed by atoms with E-state index in [0.29, 0.717) is 0 Å². The van der Waals surface area contributed by atoms with Crippen LogP contribution in [0.3, 0.4) is 0 Å². The molecule has 0 spiro atoms. The highest BCUT2D eigenvalue weighted by molar-refractivity contribution is 7.99. The molecule has 0 saturated carbocycles. The fourth-order valence-corrected chi connectivity index (χ4v) is 5.74. The van der Waals surface area contributed by atoms with Crippen LogP contribution in [0.5, 0.6) is 5.75 Å². The van der Waals surface area contributed by atoms with Gasteiger partial charge in [0.2, 0.25) is 0 Å². The maximum absolute atomic E-state index is 11.6. The standard InChI is InChI=1S/C21H25NO2S/c1-24-20-9-7-16(8-10-20)11-22-12-18-14-25-15-19(13-22)21(18,23)17-5-3-2-4-6-17/h2-10,18-19,23H,11-15H2,1H3. The predicted molar refractivity (Wildman–Crippen MR) is 103 cm³/mol. The summed E-state index contributed by atoms with van der Waals surface area (Å²) in [6.07, 6.45) is 0. The van der Waals surface area contributed by atoms with Crippen LogP contribution in [0, 0.1) is 11.8 Å². The van der Waals surface area contributed by atoms with E-state index in [1.165, 1.54) is 5.56 Å². The van der Waals surface area contributed by atoms with Gasteiger partial charge in [0, 0.05) is 43.0 Å². The van der Waals surface area contributed by atoms with E-state index in [9.17, 15) is 5.11 Å². The molecule has 2 aromatic carbocycles. The van der Waals surface area contributed by atoms with Gasteiger partial charge in [-0.3, -0.25) is 4.90 Å². The van der Waals surface area contributed by atoms with Gasteiger partial charge in [-0.2, -0.15) is 11.8 Å². The largest absolute Gasteiger partial charge is 0.497 e. The Balaban J connectivity index is 1.53. The summed E-state index contributed by atoms with van der Waals surface area (Å²) in [6, 6.07) is 18.6. The zero-order valence-electron chi connectivity index (χ0n) is 14.6. The molecule has 2 bridgehead atoms. The van der Waals surface area contributed by atoms with Crippen LogP contribution in [0.15, 0.2) is 54.6 Å². The lowest BCUT2D eigenvalue weighted by molar-refractivity contribution is -0.114. The molecule has 0 radical (unpaired) electrons. The third-order valence-electron chi connectivity index (χ3n) is 5.64. The van der Waals surface area contributed by atoms with Crippen molar-refractivity contribution in [3.63, 3.8) is 0 Å². The molecule has 2 fully saturated rings. The number of fused-ring (bicyclic) bond motifs is 2. The molecule has 2 aliphatic heterocycles. The van der Waals surface area contributed by atoms with E-state index < -0.39 is 5.60 Å². The number of aliphatic hydroxyl groups is 1. The van der Waals surface area contributed by atoms with Crippen LogP contribution in [0.4, 0.5) is 0 Å². The number of benzene rings is 2. The van der Waals surface area contributed by atoms with Crippen molar-refractivity contribution >= 4 is 11.8 Å². The van der Waals surface area contributed by atoms with E-state index >= 15 is 0 Å². The summed E-state index contributed by atoms with van der Waals surface area (Å²) < 4.78 is 5.25. The smallest absolute Gasteiger partial charge is 0.118 e. The molecule has 0 aromatic heterocycles. The van der Waals surface area contributed by atoms with Gasteiger partial charge in [-0.05, 0) is 23.3 Å². The van der Waals surface area contributed by atoms with E-state index in [-0.39, 0.29) is 11.8 Å². The Morgan fingerprint density at radius 3 is 2.28 bits per heavy atom. The molecule has 2 aromatic rings. The average Bonchev–Trinajstić information content (AvgIpc) is 2.64. The van der Waals surface area contributed by atoms with Gasteiger partial charge in [-0.1, -0.05) is 42.5 Å². The molecule has 2 heterocycles. The first-order valence-electron chi connectivity index (χ1n) is 8.91. The Morgan fingerprint density at radius 1 is 1.04 bits per heavy atom. The number of methoxy groups -OCH3 is 1. The lowest BCUT2D eigenvalue weighted by Crippen LogP contribution is -2.59. The molecule has 0 amide bonds. The Morgan fingerprint density at radius 2 is 1.68 bits per heavy atom. The third-order valence-corrected chi connectivity index (χ3v) is 6.92. The highest BCUT2D eigenvalue weighted by atomic mass is 32.2. The molecule has 2 unspecified atom stereocenters. The van der Waals surface area contributed by atoms with Crippen LogP contribution < -0.4 is 4.74 Å². The van der Waals surface area contributed by atoms with Gasteiger partial charge in [0.15, 0.2) is 0 Å². The van der Waals surface area contributed by atoms with E-state index in [1.54, 1.807) is 7.11 Å². The van der Waals surface area contributed by atoms with Crippen LogP contribution >= 0.6 is 11.8 Å². The Kier molecular flexibility index (Phi) is 4.76. The van der Waals surface area contributed by atoms with Crippen molar-refractivity contribution in [3.8, 4) is 5.75 Å². The van der Waals surface area contributed by atoms with E-state index in [0.717, 1.165) is 42.5 Å². The monoisotopic (exact) mass is 355 g/mol. The van der Waals surface area contributed by atoms with Crippen molar-refractivity contribution in [2.24, 2.45) is 11.8 Å². The summed E-state index contributed by atoms with van der Waals surface area (Å²) in [5.41, 5.74) is 1.72. The average molecular weight is 356 g/mol. The fourth-order valence-electron chi connectivity index (χ4n) is 4.32. The van der Waals surface area contributed by atoms with Crippen molar-refractivity contribution in [1.29, 1.82) is 0 Å². The summed E-state index contributed by atoms with van der Waals surface area (Å²) in [7, 11) is 1.70. The molecule has 3 nitrogen and oxygen atoms in total. The van der Waals surface area contributed by atoms with Crippen LogP contribution in [0.2, 0.25) is 0 Å². The zero-order chi connectivity index (χ0) is 17.3. The van der Waals surface area contributed by atoms with Gasteiger partial charge in [0.25, 0.3) is 0 Å². The summed E-state index contributed by atoms with van der Waals surface area (Å²) in [6.45, 7) is 2.83. The number of rotatable bonds is 4. The molecule has 25 heavy (non-hydrogen) atoms. The fraction of sp³-hybridized carbons (Fsp3) is 0.429. The second kappa shape index (κ2) is 7.02. The van der Waals surface area contributed by atoms with Gasteiger partial charge < -0.3 is 9.84 Å². The zero-order valence-corrected chi connectivity index (χ0v) is 15.4. The molecule has 4 heteroatoms. The van der Waals surface area contributed by atoms with Gasteiger partial charge in [0.1, 0.15) is 5.75 Å². The normalized spacial score (nSPS) is 29.4. The van der Waals surface area contributed by atoms with Gasteiger partial charge in [0.05, 0.1) is 12.7 Å². The molecule has 132 valence electrons. The maximum atomic E-state index is 11.6. The number of likely N-dealkylation sites (tertiary alicyclic amines) is 1. The number of thioether (sulfide) groups is 1. The van der Waals surface area contributed by atoms with Crippen molar-refractivity contribution in [2.45, 2.75) is 12.1 Å². The Bertz CT molecular complexity index is 690. The Labute approximate surface area is 154 Å². The number of piperidine rings is 1. The molecule has 2 saturated heterocycles. The quantitative estimate of drug-likeness (QED) is 0.911. The molecule has 0 aliphatic carbocycles. The van der Waals surface area contributed by atoms with Crippen molar-refractivity contribution in [2.75, 3.05) is 31.7 Å². The Hall–Kier alpha value is -1.49. The van der Waals surface area contributed by atoms with E-state index in [4.69, 9.17) is 4.74 Å². The van der Waals surface area contributed by atoms with Gasteiger partial charge in [-0.15, -0.1) is 0 Å². The van der Waals surface area contributed by atoms with Crippen LogP contribution in [0.1, 0.15) is 11.1 Å². The second-order valence-corrected chi connectivity index (χ2v) is 8.24. The van der Waals surface area contributed by atoms with Crippen molar-refractivity contribution in [1.82, 2.24) is 4.90 Å². The first-order chi connectivity index (χ1) is 12.2. The van der Waals surface area contributed by atoms with Crippen LogP contribution in [-0.4, -0.2) is 41.7 Å². The molecule has 2 atom stereocenters. The summed E-state index contributed by atoms with van der Waals surface area (Å²) in [5, 5.41) is 11.6. The SMILES string of the molecule is COc1ccc(CN2CC3CSCC(C2)C3(O)c2ccccc2)cc1. The van der Waals surface area contributed by atoms with Gasteiger partial charge in [-0.25, -0.2) is 0 Å². The minimum atomic E-state index is -0.678. The molecule has 2 aliphatic rings. The van der Waals surface area contributed by atoms with Crippen LogP contribution in [0.25, 0.3) is 0 Å². The summed E-state index contributed by atoms with van der Waals surface area (Å²) in [5.74, 6) is 3.52. The minimum Gasteiger partial charge on any atom is -0.497 e. The summed E-state index contributed by atoms with van der Waals surface area (Å²) in [4.78, 5) is 2.51. The van der Waals surface area contributed by atoms with E-state index in [2.05, 4.69) is 29.2 Å². The molecular weight excluding hydrogens is 330 g/mol. The second-order valence-electron chi connectivity index (χ2n) is 7.16. The molecule has 1 N–H and O–H groups in total. The first kappa shape index (κ1) is 17.0. The molecular formula is C21H25NO2S. The highest BCUT2D eigenvalue weighted by Crippen LogP contribution is 2.47. The topological polar surface area (TPSA) is 32.7 Å². The molecule has 4 rings (SSSR count). The maximum Gasteiger partial charge on any atom is 0.118 e. The number of ether oxygens (including phenoxy) is 1. The lowest BCUT2D eigenvalue weighted by atomic mass is 9.70. The predicted octanol–water partition coefficient (Wildman–Crippen LogP) is 3.38. The number of hydrogen-bond acceptors (Lipinski definition) is 4. The minimum absolute atomic E-state index is 0.283. The lowest BCUT2D eigenvalue weighted by Gasteiger charge is -2.53.